The number of carboxylic acids is 1. The van der Waals surface area contributed by atoms with E-state index in [9.17, 15) is 20.0 Å². The van der Waals surface area contributed by atoms with Crippen LogP contribution in [0.15, 0.2) is 71.3 Å². The Morgan fingerprint density at radius 1 is 1.20 bits per heavy atom. The minimum atomic E-state index is -1.02. The van der Waals surface area contributed by atoms with Crippen molar-refractivity contribution in [1.29, 1.82) is 5.26 Å². The van der Waals surface area contributed by atoms with Gasteiger partial charge in [0.25, 0.3) is 0 Å². The number of nitriles is 1. The lowest BCUT2D eigenvalue weighted by Crippen LogP contribution is -2.25. The third-order valence-corrected chi connectivity index (χ3v) is 4.76. The molecular formula is C23H20N2O5. The smallest absolute Gasteiger partial charge is 0.338 e. The number of carboxylic acid groups (broad SMARTS) is 1. The highest BCUT2D eigenvalue weighted by molar-refractivity contribution is 5.93. The van der Waals surface area contributed by atoms with Crippen LogP contribution in [0, 0.1) is 11.3 Å². The van der Waals surface area contributed by atoms with Gasteiger partial charge in [0.1, 0.15) is 17.4 Å². The number of carbonyl (C=O) groups excluding carboxylic acids is 1. The first-order valence-corrected chi connectivity index (χ1v) is 9.26. The van der Waals surface area contributed by atoms with Crippen LogP contribution in [0.3, 0.4) is 0 Å². The molecule has 2 aromatic carbocycles. The van der Waals surface area contributed by atoms with E-state index in [-0.39, 0.29) is 35.0 Å². The maximum absolute atomic E-state index is 12.6. The number of esters is 1. The van der Waals surface area contributed by atoms with Crippen molar-refractivity contribution in [3.63, 3.8) is 0 Å². The van der Waals surface area contributed by atoms with E-state index in [1.807, 2.05) is 12.1 Å². The van der Waals surface area contributed by atoms with Crippen LogP contribution in [0.5, 0.6) is 0 Å². The van der Waals surface area contributed by atoms with Crippen molar-refractivity contribution in [3.05, 3.63) is 82.4 Å². The second-order valence-corrected chi connectivity index (χ2v) is 6.63. The highest BCUT2D eigenvalue weighted by atomic mass is 16.5. The Kier molecular flexibility index (Phi) is 5.88. The zero-order chi connectivity index (χ0) is 21.8. The van der Waals surface area contributed by atoms with Crippen molar-refractivity contribution >= 4 is 11.9 Å². The molecule has 0 radical (unpaired) electrons. The molecule has 0 aromatic heterocycles. The lowest BCUT2D eigenvalue weighted by molar-refractivity contribution is -0.139. The maximum atomic E-state index is 12.6. The van der Waals surface area contributed by atoms with Gasteiger partial charge in [-0.3, -0.25) is 0 Å². The third kappa shape index (κ3) is 3.89. The molecule has 2 aromatic rings. The zero-order valence-electron chi connectivity index (χ0n) is 16.5. The van der Waals surface area contributed by atoms with Gasteiger partial charge in [-0.1, -0.05) is 36.4 Å². The molecule has 1 heterocycles. The summed E-state index contributed by atoms with van der Waals surface area (Å²) in [5.74, 6) is -2.16. The topological polar surface area (TPSA) is 123 Å². The predicted molar refractivity (Wildman–Crippen MR) is 109 cm³/mol. The summed E-state index contributed by atoms with van der Waals surface area (Å²) in [6.07, 6.45) is 0. The Hall–Kier alpha value is -4.05. The molecule has 3 N–H and O–H groups in total. The van der Waals surface area contributed by atoms with Gasteiger partial charge in [0.05, 0.1) is 23.7 Å². The van der Waals surface area contributed by atoms with E-state index < -0.39 is 17.9 Å². The van der Waals surface area contributed by atoms with Crippen molar-refractivity contribution in [3.8, 4) is 17.2 Å². The average molecular weight is 404 g/mol. The number of ether oxygens (including phenoxy) is 2. The zero-order valence-corrected chi connectivity index (χ0v) is 16.5. The molecule has 0 spiro atoms. The van der Waals surface area contributed by atoms with Gasteiger partial charge in [-0.05, 0) is 42.7 Å². The molecular weight excluding hydrogens is 384 g/mol. The molecule has 0 saturated heterocycles. The Labute approximate surface area is 173 Å². The first-order valence-electron chi connectivity index (χ1n) is 9.26. The van der Waals surface area contributed by atoms with Gasteiger partial charge >= 0.3 is 11.9 Å². The van der Waals surface area contributed by atoms with Gasteiger partial charge in [-0.15, -0.1) is 0 Å². The van der Waals surface area contributed by atoms with Crippen LogP contribution in [-0.2, 0) is 14.3 Å². The fourth-order valence-corrected chi connectivity index (χ4v) is 3.42. The van der Waals surface area contributed by atoms with Crippen molar-refractivity contribution in [2.45, 2.75) is 19.8 Å². The van der Waals surface area contributed by atoms with E-state index in [0.717, 1.165) is 5.56 Å². The summed E-state index contributed by atoms with van der Waals surface area (Å²) in [7, 11) is 0. The Balaban J connectivity index is 2.14. The van der Waals surface area contributed by atoms with E-state index in [2.05, 4.69) is 0 Å². The summed E-state index contributed by atoms with van der Waals surface area (Å²) in [4.78, 5) is 23.9. The van der Waals surface area contributed by atoms with Gasteiger partial charge in [0, 0.05) is 0 Å². The summed E-state index contributed by atoms with van der Waals surface area (Å²) >= 11 is 0. The number of rotatable bonds is 5. The van der Waals surface area contributed by atoms with Crippen LogP contribution in [0.4, 0.5) is 0 Å². The highest BCUT2D eigenvalue weighted by Gasteiger charge is 2.36. The maximum Gasteiger partial charge on any atom is 0.338 e. The Morgan fingerprint density at radius 3 is 2.50 bits per heavy atom. The summed E-state index contributed by atoms with van der Waals surface area (Å²) in [6, 6.07) is 15.7. The molecule has 1 unspecified atom stereocenters. The number of nitrogens with two attached hydrogens (primary N) is 1. The van der Waals surface area contributed by atoms with Gasteiger partial charge in [-0.25, -0.2) is 9.59 Å². The molecule has 7 heteroatoms. The molecule has 152 valence electrons. The van der Waals surface area contributed by atoms with Crippen molar-refractivity contribution < 1.29 is 24.2 Å². The summed E-state index contributed by atoms with van der Waals surface area (Å²) in [6.45, 7) is 3.46. The van der Waals surface area contributed by atoms with Gasteiger partial charge < -0.3 is 20.3 Å². The average Bonchev–Trinajstić information content (AvgIpc) is 2.73. The number of hydrogen-bond donors (Lipinski definition) is 2. The number of benzene rings is 2. The van der Waals surface area contributed by atoms with Gasteiger partial charge in [-0.2, -0.15) is 5.26 Å². The molecule has 1 atom stereocenters. The SMILES string of the molecule is CCOC(=O)C1=C(C)OC(N)=C(C#N)C1c1cccc(-c2cccc(C(=O)O)c2)c1. The molecule has 0 fully saturated rings. The van der Waals surface area contributed by atoms with Gasteiger partial charge in [0.2, 0.25) is 5.88 Å². The second-order valence-electron chi connectivity index (χ2n) is 6.63. The largest absolute Gasteiger partial charge is 0.478 e. The first kappa shape index (κ1) is 20.7. The Morgan fingerprint density at radius 2 is 1.87 bits per heavy atom. The molecule has 1 aliphatic rings. The third-order valence-electron chi connectivity index (χ3n) is 4.76. The molecule has 3 rings (SSSR count). The second kappa shape index (κ2) is 8.53. The van der Waals surface area contributed by atoms with Gasteiger partial charge in [0.15, 0.2) is 0 Å². The molecule has 7 nitrogen and oxygen atoms in total. The summed E-state index contributed by atoms with van der Waals surface area (Å²) in [5, 5.41) is 18.9. The van der Waals surface area contributed by atoms with Crippen LogP contribution in [0.2, 0.25) is 0 Å². The van der Waals surface area contributed by atoms with E-state index >= 15 is 0 Å². The number of nitrogens with zero attached hydrogens (tertiary/aromatic N) is 1. The molecule has 30 heavy (non-hydrogen) atoms. The lowest BCUT2D eigenvalue weighted by Gasteiger charge is -2.27. The molecule has 0 aliphatic carbocycles. The van der Waals surface area contributed by atoms with E-state index in [0.29, 0.717) is 11.1 Å². The van der Waals surface area contributed by atoms with Crippen LogP contribution < -0.4 is 5.73 Å². The number of carbonyl (C=O) groups is 2. The van der Waals surface area contributed by atoms with Crippen LogP contribution >= 0.6 is 0 Å². The lowest BCUT2D eigenvalue weighted by atomic mass is 9.82. The molecule has 1 aliphatic heterocycles. The Bertz CT molecular complexity index is 1120. The van der Waals surface area contributed by atoms with Crippen LogP contribution in [-0.4, -0.2) is 23.7 Å². The van der Waals surface area contributed by atoms with Crippen LogP contribution in [0.25, 0.3) is 11.1 Å². The fraction of sp³-hybridized carbons (Fsp3) is 0.174. The number of hydrogen-bond acceptors (Lipinski definition) is 6. The first-order chi connectivity index (χ1) is 14.4. The monoisotopic (exact) mass is 404 g/mol. The quantitative estimate of drug-likeness (QED) is 0.729. The summed E-state index contributed by atoms with van der Waals surface area (Å²) in [5.41, 5.74) is 8.47. The van der Waals surface area contributed by atoms with E-state index in [4.69, 9.17) is 15.2 Å². The highest BCUT2D eigenvalue weighted by Crippen LogP contribution is 2.40. The predicted octanol–water partition coefficient (Wildman–Crippen LogP) is 3.70. The van der Waals surface area contributed by atoms with Crippen molar-refractivity contribution in [2.75, 3.05) is 6.61 Å². The molecule has 0 amide bonds. The standard InChI is InChI=1S/C23H20N2O5/c1-3-29-23(28)19-13(2)30-21(25)18(12-24)20(19)16-8-4-6-14(10-16)15-7-5-9-17(11-15)22(26)27/h4-11,20H,3,25H2,1-2H3,(H,26,27). The van der Waals surface area contributed by atoms with Crippen molar-refractivity contribution in [1.82, 2.24) is 0 Å². The van der Waals surface area contributed by atoms with E-state index in [1.165, 1.54) is 6.07 Å². The number of allylic oxidation sites excluding steroid dienone is 2. The normalized spacial score (nSPS) is 16.0. The number of aromatic carboxylic acids is 1. The van der Waals surface area contributed by atoms with Crippen LogP contribution in [0.1, 0.15) is 35.7 Å². The fourth-order valence-electron chi connectivity index (χ4n) is 3.42. The molecule has 0 bridgehead atoms. The minimum Gasteiger partial charge on any atom is -0.478 e. The van der Waals surface area contributed by atoms with E-state index in [1.54, 1.807) is 50.2 Å². The van der Waals surface area contributed by atoms with Crippen molar-refractivity contribution in [2.24, 2.45) is 5.73 Å². The minimum absolute atomic E-state index is 0.0636. The summed E-state index contributed by atoms with van der Waals surface area (Å²) < 4.78 is 10.6. The molecule has 0 saturated carbocycles.